The second-order valence-electron chi connectivity index (χ2n) is 4.83. The first-order valence-electron chi connectivity index (χ1n) is 7.05. The summed E-state index contributed by atoms with van der Waals surface area (Å²) < 4.78 is 12.0. The lowest BCUT2D eigenvalue weighted by Crippen LogP contribution is -2.30. The monoisotopic (exact) mass is 296 g/mol. The van der Waals surface area contributed by atoms with Crippen molar-refractivity contribution in [3.63, 3.8) is 0 Å². The molecule has 0 saturated carbocycles. The van der Waals surface area contributed by atoms with Crippen molar-refractivity contribution in [1.29, 1.82) is 0 Å². The van der Waals surface area contributed by atoms with Crippen molar-refractivity contribution >= 4 is 22.4 Å². The van der Waals surface area contributed by atoms with Gasteiger partial charge >= 0.3 is 0 Å². The molecule has 0 bridgehead atoms. The van der Waals surface area contributed by atoms with E-state index in [4.69, 9.17) is 5.73 Å². The Morgan fingerprint density at radius 1 is 1.40 bits per heavy atom. The van der Waals surface area contributed by atoms with Gasteiger partial charge in [0, 0.05) is 28.8 Å². The average molecular weight is 296 g/mol. The minimum Gasteiger partial charge on any atom is -0.326 e. The van der Waals surface area contributed by atoms with E-state index < -0.39 is 16.0 Å². The van der Waals surface area contributed by atoms with Crippen LogP contribution in [0.3, 0.4) is 0 Å². The predicted octanol–water partition coefficient (Wildman–Crippen LogP) is 2.41. The van der Waals surface area contributed by atoms with Crippen LogP contribution in [0.15, 0.2) is 24.3 Å². The average Bonchev–Trinajstić information content (AvgIpc) is 2.46. The summed E-state index contributed by atoms with van der Waals surface area (Å²) in [6.45, 7) is 4.25. The molecule has 1 aromatic carbocycles. The summed E-state index contributed by atoms with van der Waals surface area (Å²) in [6, 6.07) is 7.40. The van der Waals surface area contributed by atoms with Crippen molar-refractivity contribution < 1.29 is 9.00 Å². The number of benzene rings is 1. The van der Waals surface area contributed by atoms with Crippen LogP contribution in [0.25, 0.3) is 0 Å². The zero-order valence-corrected chi connectivity index (χ0v) is 13.0. The highest BCUT2D eigenvalue weighted by atomic mass is 32.2. The molecule has 0 saturated heterocycles. The molecule has 1 rings (SSSR count). The van der Waals surface area contributed by atoms with E-state index in [0.717, 1.165) is 24.8 Å². The lowest BCUT2D eigenvalue weighted by molar-refractivity contribution is -0.115. The van der Waals surface area contributed by atoms with Crippen LogP contribution in [0.1, 0.15) is 38.7 Å². The van der Waals surface area contributed by atoms with Gasteiger partial charge in [0.05, 0.1) is 0 Å². The van der Waals surface area contributed by atoms with Crippen LogP contribution in [0.4, 0.5) is 5.69 Å². The maximum absolute atomic E-state index is 12.1. The molecule has 1 amide bonds. The summed E-state index contributed by atoms with van der Waals surface area (Å²) in [4.78, 5) is 12.1. The topological polar surface area (TPSA) is 72.2 Å². The summed E-state index contributed by atoms with van der Waals surface area (Å²) in [7, 11) is -1.11. The fourth-order valence-corrected chi connectivity index (χ4v) is 2.95. The van der Waals surface area contributed by atoms with Crippen molar-refractivity contribution in [2.45, 2.75) is 44.9 Å². The largest absolute Gasteiger partial charge is 0.326 e. The fourth-order valence-electron chi connectivity index (χ4n) is 1.81. The number of hydrogen-bond acceptors (Lipinski definition) is 3. The third-order valence-electron chi connectivity index (χ3n) is 3.14. The van der Waals surface area contributed by atoms with Crippen LogP contribution < -0.4 is 11.1 Å². The molecule has 0 fully saturated rings. The Morgan fingerprint density at radius 3 is 2.80 bits per heavy atom. The SMILES string of the molecule is CCCCCS(=O)C(C)C(=O)Nc1cccc(CN)c1. The third-order valence-corrected chi connectivity index (χ3v) is 4.84. The van der Waals surface area contributed by atoms with E-state index in [1.54, 1.807) is 6.92 Å². The van der Waals surface area contributed by atoms with Gasteiger partial charge in [-0.1, -0.05) is 31.9 Å². The number of unbranched alkanes of at least 4 members (excludes halogenated alkanes) is 2. The summed E-state index contributed by atoms with van der Waals surface area (Å²) in [6.07, 6.45) is 3.05. The molecule has 0 spiro atoms. The molecular formula is C15H24N2O2S. The van der Waals surface area contributed by atoms with Gasteiger partial charge in [0.1, 0.15) is 5.25 Å². The number of carbonyl (C=O) groups is 1. The molecule has 0 aliphatic carbocycles. The normalized spacial score (nSPS) is 13.8. The first-order chi connectivity index (χ1) is 9.58. The molecule has 0 aliphatic heterocycles. The van der Waals surface area contributed by atoms with E-state index in [1.165, 1.54) is 0 Å². The van der Waals surface area contributed by atoms with Gasteiger partial charge in [0.15, 0.2) is 0 Å². The molecule has 0 aromatic heterocycles. The highest BCUT2D eigenvalue weighted by molar-refractivity contribution is 7.86. The van der Waals surface area contributed by atoms with E-state index in [0.29, 0.717) is 18.0 Å². The first-order valence-corrected chi connectivity index (χ1v) is 8.43. The Kier molecular flexibility index (Phi) is 7.47. The number of nitrogens with one attached hydrogen (secondary N) is 1. The minimum atomic E-state index is -1.11. The second-order valence-corrected chi connectivity index (χ2v) is 6.70. The van der Waals surface area contributed by atoms with E-state index in [9.17, 15) is 9.00 Å². The molecular weight excluding hydrogens is 272 g/mol. The molecule has 2 unspecified atom stereocenters. The van der Waals surface area contributed by atoms with Crippen LogP contribution in [0.2, 0.25) is 0 Å². The summed E-state index contributed by atoms with van der Waals surface area (Å²) in [5.74, 6) is 0.389. The summed E-state index contributed by atoms with van der Waals surface area (Å²) in [5.41, 5.74) is 7.23. The molecule has 0 aliphatic rings. The number of rotatable bonds is 8. The number of nitrogens with two attached hydrogens (primary N) is 1. The maximum Gasteiger partial charge on any atom is 0.239 e. The van der Waals surface area contributed by atoms with Gasteiger partial charge in [0.25, 0.3) is 0 Å². The van der Waals surface area contributed by atoms with Crippen molar-refractivity contribution in [3.05, 3.63) is 29.8 Å². The highest BCUT2D eigenvalue weighted by Crippen LogP contribution is 2.12. The zero-order valence-electron chi connectivity index (χ0n) is 12.2. The number of carbonyl (C=O) groups excluding carboxylic acids is 1. The van der Waals surface area contributed by atoms with Crippen molar-refractivity contribution in [2.75, 3.05) is 11.1 Å². The smallest absolute Gasteiger partial charge is 0.239 e. The molecule has 1 aromatic rings. The molecule has 4 nitrogen and oxygen atoms in total. The van der Waals surface area contributed by atoms with Gasteiger partial charge in [-0.2, -0.15) is 0 Å². The number of anilines is 1. The predicted molar refractivity (Wildman–Crippen MR) is 85.0 cm³/mol. The van der Waals surface area contributed by atoms with E-state index >= 15 is 0 Å². The Labute approximate surface area is 123 Å². The quantitative estimate of drug-likeness (QED) is 0.724. The second kappa shape index (κ2) is 8.87. The van der Waals surface area contributed by atoms with Crippen molar-refractivity contribution in [3.8, 4) is 0 Å². The van der Waals surface area contributed by atoms with Gasteiger partial charge < -0.3 is 11.1 Å². The molecule has 2 atom stereocenters. The van der Waals surface area contributed by atoms with Gasteiger partial charge in [-0.3, -0.25) is 9.00 Å². The zero-order chi connectivity index (χ0) is 15.0. The van der Waals surface area contributed by atoms with Crippen LogP contribution in [0, 0.1) is 0 Å². The van der Waals surface area contributed by atoms with Gasteiger partial charge in [-0.15, -0.1) is 0 Å². The summed E-state index contributed by atoms with van der Waals surface area (Å²) >= 11 is 0. The van der Waals surface area contributed by atoms with E-state index in [1.807, 2.05) is 24.3 Å². The molecule has 3 N–H and O–H groups in total. The molecule has 112 valence electrons. The van der Waals surface area contributed by atoms with E-state index in [2.05, 4.69) is 12.2 Å². The highest BCUT2D eigenvalue weighted by Gasteiger charge is 2.19. The molecule has 0 radical (unpaired) electrons. The van der Waals surface area contributed by atoms with Crippen LogP contribution in [0.5, 0.6) is 0 Å². The van der Waals surface area contributed by atoms with Crippen LogP contribution >= 0.6 is 0 Å². The van der Waals surface area contributed by atoms with Gasteiger partial charge in [-0.25, -0.2) is 0 Å². The Hall–Kier alpha value is -1.20. The standard InChI is InChI=1S/C15H24N2O2S/c1-3-4-5-9-20(19)12(2)15(18)17-14-8-6-7-13(10-14)11-16/h6-8,10,12H,3-5,9,11,16H2,1-2H3,(H,17,18). The molecule has 5 heteroatoms. The lowest BCUT2D eigenvalue weighted by atomic mass is 10.2. The lowest BCUT2D eigenvalue weighted by Gasteiger charge is -2.12. The van der Waals surface area contributed by atoms with Crippen molar-refractivity contribution in [1.82, 2.24) is 0 Å². The Balaban J connectivity index is 2.54. The van der Waals surface area contributed by atoms with Crippen LogP contribution in [-0.4, -0.2) is 21.1 Å². The third kappa shape index (κ3) is 5.43. The fraction of sp³-hybridized carbons (Fsp3) is 0.533. The minimum absolute atomic E-state index is 0.200. The summed E-state index contributed by atoms with van der Waals surface area (Å²) in [5, 5.41) is 2.31. The number of hydrogen-bond donors (Lipinski definition) is 2. The van der Waals surface area contributed by atoms with E-state index in [-0.39, 0.29) is 5.91 Å². The van der Waals surface area contributed by atoms with Gasteiger partial charge in [0.2, 0.25) is 5.91 Å². The molecule has 0 heterocycles. The first kappa shape index (κ1) is 16.9. The number of amides is 1. The van der Waals surface area contributed by atoms with Gasteiger partial charge in [-0.05, 0) is 31.0 Å². The Bertz CT molecular complexity index is 463. The van der Waals surface area contributed by atoms with Crippen LogP contribution in [-0.2, 0) is 22.1 Å². The van der Waals surface area contributed by atoms with Crippen molar-refractivity contribution in [2.24, 2.45) is 5.73 Å². The maximum atomic E-state index is 12.1. The molecule has 20 heavy (non-hydrogen) atoms. The Morgan fingerprint density at radius 2 is 2.15 bits per heavy atom.